The van der Waals surface area contributed by atoms with Crippen LogP contribution >= 0.6 is 0 Å². The Hall–Kier alpha value is -7.28. The van der Waals surface area contributed by atoms with Gasteiger partial charge in [-0.05, 0) is 53.6 Å². The van der Waals surface area contributed by atoms with Gasteiger partial charge in [-0.1, -0.05) is 60.7 Å². The van der Waals surface area contributed by atoms with E-state index in [0.717, 1.165) is 30.3 Å². The number of carboxylic acid groups (broad SMARTS) is 6. The Balaban J connectivity index is 2.19. The van der Waals surface area contributed by atoms with Crippen molar-refractivity contribution >= 4 is 52.9 Å². The average molecular weight is 662 g/mol. The summed E-state index contributed by atoms with van der Waals surface area (Å²) in [5.74, 6) is -10.6. The van der Waals surface area contributed by atoms with Gasteiger partial charge in [-0.2, -0.15) is 0 Å². The van der Waals surface area contributed by atoms with E-state index in [1.807, 2.05) is 0 Å². The van der Waals surface area contributed by atoms with Gasteiger partial charge >= 0.3 is 35.8 Å². The molecule has 0 saturated heterocycles. The maximum Gasteiger partial charge on any atom is 0.337 e. The summed E-state index contributed by atoms with van der Waals surface area (Å²) in [5.41, 5.74) is -6.70. The molecule has 5 rings (SSSR count). The van der Waals surface area contributed by atoms with Crippen molar-refractivity contribution in [1.29, 1.82) is 0 Å². The second-order valence-electron chi connectivity index (χ2n) is 10.4. The molecule has 0 bridgehead atoms. The van der Waals surface area contributed by atoms with Gasteiger partial charge in [-0.25, -0.2) is 28.8 Å². The molecule has 0 fully saturated rings. The van der Waals surface area contributed by atoms with Crippen molar-refractivity contribution in [1.82, 2.24) is 0 Å². The van der Waals surface area contributed by atoms with Crippen LogP contribution in [0, 0.1) is 0 Å². The fraction of sp³-hybridized carbons (Fsp3) is 0. The molecule has 13 nitrogen and oxygen atoms in total. The zero-order valence-corrected chi connectivity index (χ0v) is 24.9. The maximum absolute atomic E-state index is 13.1. The highest BCUT2D eigenvalue weighted by molar-refractivity contribution is 6.19. The lowest BCUT2D eigenvalue weighted by Crippen LogP contribution is -2.19. The van der Waals surface area contributed by atoms with Gasteiger partial charge in [-0.15, -0.1) is 0 Å². The monoisotopic (exact) mass is 661 g/mol. The molecular formula is C36H23NO12. The van der Waals surface area contributed by atoms with Crippen LogP contribution in [-0.2, 0) is 0 Å². The van der Waals surface area contributed by atoms with Crippen molar-refractivity contribution in [2.45, 2.75) is 0 Å². The molecule has 0 aliphatic rings. The van der Waals surface area contributed by atoms with Gasteiger partial charge in [0.15, 0.2) is 0 Å². The topological polar surface area (TPSA) is 227 Å². The predicted molar refractivity (Wildman–Crippen MR) is 174 cm³/mol. The summed E-state index contributed by atoms with van der Waals surface area (Å²) in [6, 6.07) is 23.8. The van der Waals surface area contributed by atoms with Crippen molar-refractivity contribution in [3.63, 3.8) is 0 Å². The van der Waals surface area contributed by atoms with Crippen LogP contribution < -0.4 is 4.90 Å². The zero-order chi connectivity index (χ0) is 35.6. The number of para-hydroxylation sites is 2. The van der Waals surface area contributed by atoms with Gasteiger partial charge in [0, 0.05) is 22.5 Å². The lowest BCUT2D eigenvalue weighted by molar-refractivity contribution is 0.0650. The predicted octanol–water partition coefficient (Wildman–Crippen LogP) is 6.68. The van der Waals surface area contributed by atoms with E-state index in [4.69, 9.17) is 0 Å². The number of hydrogen-bond acceptors (Lipinski definition) is 7. The Kier molecular flexibility index (Phi) is 8.93. The van der Waals surface area contributed by atoms with Crippen LogP contribution in [-0.4, -0.2) is 66.5 Å². The summed E-state index contributed by atoms with van der Waals surface area (Å²) >= 11 is 0. The van der Waals surface area contributed by atoms with E-state index in [2.05, 4.69) is 0 Å². The summed E-state index contributed by atoms with van der Waals surface area (Å²) in [7, 11) is 0. The fourth-order valence-electron chi connectivity index (χ4n) is 5.70. The maximum atomic E-state index is 13.1. The van der Waals surface area contributed by atoms with Crippen LogP contribution in [0.15, 0.2) is 103 Å². The van der Waals surface area contributed by atoms with Gasteiger partial charge in [-0.3, -0.25) is 0 Å². The highest BCUT2D eigenvalue weighted by Crippen LogP contribution is 2.50. The second-order valence-corrected chi connectivity index (χ2v) is 10.4. The number of nitrogens with zero attached hydrogens (tertiary/aromatic N) is 1. The van der Waals surface area contributed by atoms with E-state index in [1.165, 1.54) is 17.0 Å². The summed E-state index contributed by atoms with van der Waals surface area (Å²) in [6.45, 7) is 0. The van der Waals surface area contributed by atoms with Crippen LogP contribution in [0.2, 0.25) is 0 Å². The zero-order valence-electron chi connectivity index (χ0n) is 24.9. The molecule has 0 radical (unpaired) electrons. The fourth-order valence-corrected chi connectivity index (χ4v) is 5.70. The Bertz CT molecular complexity index is 2150. The number of benzene rings is 5. The lowest BCUT2D eigenvalue weighted by Gasteiger charge is -2.31. The van der Waals surface area contributed by atoms with Gasteiger partial charge in [0.1, 0.15) is 0 Å². The molecule has 0 amide bonds. The molecule has 0 aromatic heterocycles. The first-order chi connectivity index (χ1) is 23.3. The largest absolute Gasteiger partial charge is 0.478 e. The van der Waals surface area contributed by atoms with E-state index in [-0.39, 0.29) is 5.69 Å². The molecule has 13 heteroatoms. The number of anilines is 3. The van der Waals surface area contributed by atoms with E-state index in [1.54, 1.807) is 60.7 Å². The van der Waals surface area contributed by atoms with Crippen molar-refractivity contribution in [3.8, 4) is 22.3 Å². The lowest BCUT2D eigenvalue weighted by atomic mass is 9.81. The number of carbonyl (C=O) groups is 6. The van der Waals surface area contributed by atoms with Crippen molar-refractivity contribution < 1.29 is 59.4 Å². The Labute approximate surface area is 275 Å². The molecule has 6 N–H and O–H groups in total. The molecule has 0 saturated carbocycles. The highest BCUT2D eigenvalue weighted by Gasteiger charge is 2.35. The minimum Gasteiger partial charge on any atom is -0.478 e. The minimum absolute atomic E-state index is 0.197. The Morgan fingerprint density at radius 3 is 1.14 bits per heavy atom. The molecule has 0 aliphatic heterocycles. The normalized spacial score (nSPS) is 10.6. The van der Waals surface area contributed by atoms with Crippen molar-refractivity contribution in [2.75, 3.05) is 4.90 Å². The highest BCUT2D eigenvalue weighted by atomic mass is 16.4. The summed E-state index contributed by atoms with van der Waals surface area (Å²) in [6.07, 6.45) is 0. The third kappa shape index (κ3) is 6.02. The Morgan fingerprint density at radius 1 is 0.388 bits per heavy atom. The molecule has 0 aliphatic carbocycles. The van der Waals surface area contributed by atoms with Crippen LogP contribution in [0.5, 0.6) is 0 Å². The van der Waals surface area contributed by atoms with Crippen molar-refractivity contribution in [3.05, 3.63) is 137 Å². The second kappa shape index (κ2) is 13.2. The third-order valence-corrected chi connectivity index (χ3v) is 7.58. The van der Waals surface area contributed by atoms with E-state index >= 15 is 0 Å². The molecule has 244 valence electrons. The number of hydrogen-bond donors (Lipinski definition) is 6. The van der Waals surface area contributed by atoms with Gasteiger partial charge < -0.3 is 35.5 Å². The smallest absolute Gasteiger partial charge is 0.337 e. The molecule has 0 heterocycles. The SMILES string of the molecule is O=C(O)c1cccc(-c2c(N(c3ccccc3)c3ccccc3)cc(C(=O)O)c(C(=O)O)c2-c2cccc(C(=O)O)c2C(=O)O)c1C(=O)O. The number of aromatic carboxylic acids is 6. The van der Waals surface area contributed by atoms with Crippen LogP contribution in [0.3, 0.4) is 0 Å². The standard InChI is InChI=1S/C36H23NO12/c38-31(39)22-15-7-13-20(26(22)34(44)45)28-25(37(18-9-3-1-4-10-18)19-11-5-2-6-12-19)17-24(33(42)43)30(36(48)49)29(28)21-14-8-16-23(32(40)41)27(21)35(46)47/h1-17H,(H,38,39)(H,40,41)(H,42,43)(H,44,45)(H,46,47)(H,48,49). The van der Waals surface area contributed by atoms with E-state index in [9.17, 15) is 59.4 Å². The van der Waals surface area contributed by atoms with E-state index in [0.29, 0.717) is 11.4 Å². The first kappa shape index (κ1) is 33.1. The first-order valence-electron chi connectivity index (χ1n) is 14.1. The van der Waals surface area contributed by atoms with E-state index < -0.39 is 91.5 Å². The minimum atomic E-state index is -1.88. The van der Waals surface area contributed by atoms with Crippen LogP contribution in [0.25, 0.3) is 22.3 Å². The van der Waals surface area contributed by atoms with Gasteiger partial charge in [0.05, 0.1) is 39.1 Å². The molecule has 5 aromatic rings. The third-order valence-electron chi connectivity index (χ3n) is 7.58. The average Bonchev–Trinajstić information content (AvgIpc) is 3.07. The molecule has 0 spiro atoms. The Morgan fingerprint density at radius 2 is 0.776 bits per heavy atom. The summed E-state index contributed by atoms with van der Waals surface area (Å²) < 4.78 is 0. The van der Waals surface area contributed by atoms with Gasteiger partial charge in [0.25, 0.3) is 0 Å². The molecule has 0 unspecified atom stereocenters. The van der Waals surface area contributed by atoms with Crippen LogP contribution in [0.4, 0.5) is 17.1 Å². The number of carboxylic acids is 6. The molecule has 0 atom stereocenters. The first-order valence-corrected chi connectivity index (χ1v) is 14.1. The summed E-state index contributed by atoms with van der Waals surface area (Å²) in [5, 5.41) is 61.6. The molecule has 49 heavy (non-hydrogen) atoms. The quantitative estimate of drug-likeness (QED) is 0.0869. The van der Waals surface area contributed by atoms with Crippen molar-refractivity contribution in [2.24, 2.45) is 0 Å². The summed E-state index contributed by atoms with van der Waals surface area (Å²) in [4.78, 5) is 77.5. The van der Waals surface area contributed by atoms with Gasteiger partial charge in [0.2, 0.25) is 0 Å². The van der Waals surface area contributed by atoms with Crippen LogP contribution in [0.1, 0.15) is 62.1 Å². The number of rotatable bonds is 11. The molecular weight excluding hydrogens is 638 g/mol. The molecule has 5 aromatic carbocycles.